The van der Waals surface area contributed by atoms with Crippen molar-refractivity contribution in [1.82, 2.24) is 9.97 Å². The maximum absolute atomic E-state index is 13.2. The number of rotatable bonds is 3. The molecule has 0 N–H and O–H groups in total. The highest BCUT2D eigenvalue weighted by atomic mass is 32.1. The molecule has 126 valence electrons. The quantitative estimate of drug-likeness (QED) is 0.749. The average Bonchev–Trinajstić information content (AvgIpc) is 2.90. The second-order valence-corrected chi connectivity index (χ2v) is 8.29. The summed E-state index contributed by atoms with van der Waals surface area (Å²) in [5.74, 6) is 0. The van der Waals surface area contributed by atoms with Gasteiger partial charge in [0, 0.05) is 28.1 Å². The molecule has 23 heavy (non-hydrogen) atoms. The van der Waals surface area contributed by atoms with Crippen LogP contribution in [0.3, 0.4) is 0 Å². The van der Waals surface area contributed by atoms with Gasteiger partial charge in [0.15, 0.2) is 0 Å². The summed E-state index contributed by atoms with van der Waals surface area (Å²) in [6, 6.07) is 2.94. The molecule has 0 unspecified atom stereocenters. The molecule has 0 aromatic carbocycles. The van der Waals surface area contributed by atoms with Crippen LogP contribution >= 0.6 is 11.3 Å². The number of halogens is 3. The van der Waals surface area contributed by atoms with Crippen LogP contribution < -0.4 is 0 Å². The zero-order valence-electron chi connectivity index (χ0n) is 14.0. The van der Waals surface area contributed by atoms with Crippen molar-refractivity contribution in [2.45, 2.75) is 58.0 Å². The fourth-order valence-corrected chi connectivity index (χ4v) is 3.13. The predicted molar refractivity (Wildman–Crippen MR) is 86.8 cm³/mol. The molecule has 2 aromatic heterocycles. The van der Waals surface area contributed by atoms with E-state index in [1.807, 2.05) is 40.0 Å². The Kier molecular flexibility index (Phi) is 4.59. The van der Waals surface area contributed by atoms with Crippen molar-refractivity contribution in [2.75, 3.05) is 0 Å². The van der Waals surface area contributed by atoms with E-state index < -0.39 is 17.3 Å². The molecule has 0 spiro atoms. The van der Waals surface area contributed by atoms with Gasteiger partial charge in [0.05, 0.1) is 5.01 Å². The minimum Gasteiger partial charge on any atom is -0.249 e. The molecular weight excluding hydrogens is 321 g/mol. The number of hydrogen-bond acceptors (Lipinski definition) is 3. The van der Waals surface area contributed by atoms with Gasteiger partial charge in [-0.3, -0.25) is 0 Å². The lowest BCUT2D eigenvalue weighted by Gasteiger charge is -2.25. The molecule has 0 atom stereocenters. The van der Waals surface area contributed by atoms with E-state index in [1.54, 1.807) is 12.3 Å². The van der Waals surface area contributed by atoms with Gasteiger partial charge >= 0.3 is 6.18 Å². The number of hydrogen-bond donors (Lipinski definition) is 0. The first-order chi connectivity index (χ1) is 10.4. The van der Waals surface area contributed by atoms with Gasteiger partial charge in [0.25, 0.3) is 0 Å². The maximum atomic E-state index is 13.2. The lowest BCUT2D eigenvalue weighted by Crippen LogP contribution is -2.23. The Hall–Kier alpha value is -1.43. The Balaban J connectivity index is 2.46. The SMILES string of the molecule is CC(C)(C)c1cc(CC(C)(C)c2nccs2)cc(C(F)(F)F)n1. The summed E-state index contributed by atoms with van der Waals surface area (Å²) in [6.45, 7) is 9.59. The van der Waals surface area contributed by atoms with Gasteiger partial charge in [0.1, 0.15) is 5.69 Å². The third-order valence-electron chi connectivity index (χ3n) is 3.60. The molecule has 2 heterocycles. The van der Waals surface area contributed by atoms with Gasteiger partial charge in [-0.1, -0.05) is 34.6 Å². The molecule has 6 heteroatoms. The summed E-state index contributed by atoms with van der Waals surface area (Å²) < 4.78 is 39.5. The molecule has 0 saturated heterocycles. The van der Waals surface area contributed by atoms with Crippen LogP contribution in [0, 0.1) is 0 Å². The topological polar surface area (TPSA) is 25.8 Å². The zero-order chi connectivity index (χ0) is 17.5. The molecule has 0 aliphatic rings. The van der Waals surface area contributed by atoms with Gasteiger partial charge in [-0.05, 0) is 24.1 Å². The van der Waals surface area contributed by atoms with Crippen molar-refractivity contribution in [3.63, 3.8) is 0 Å². The van der Waals surface area contributed by atoms with Gasteiger partial charge in [-0.2, -0.15) is 13.2 Å². The number of nitrogens with zero attached hydrogens (tertiary/aromatic N) is 2. The number of pyridine rings is 1. The van der Waals surface area contributed by atoms with Crippen molar-refractivity contribution in [3.8, 4) is 0 Å². The Bertz CT molecular complexity index is 636. The molecule has 0 amide bonds. The second kappa shape index (κ2) is 5.89. The van der Waals surface area contributed by atoms with Crippen LogP contribution in [0.25, 0.3) is 0 Å². The van der Waals surface area contributed by atoms with Crippen molar-refractivity contribution in [2.24, 2.45) is 0 Å². The highest BCUT2D eigenvalue weighted by Gasteiger charge is 2.35. The molecule has 2 aromatic rings. The average molecular weight is 342 g/mol. The molecule has 0 aliphatic heterocycles. The van der Waals surface area contributed by atoms with E-state index in [2.05, 4.69) is 9.97 Å². The van der Waals surface area contributed by atoms with Crippen molar-refractivity contribution in [1.29, 1.82) is 0 Å². The van der Waals surface area contributed by atoms with Gasteiger partial charge in [-0.25, -0.2) is 9.97 Å². The normalized spacial score (nSPS) is 13.4. The molecule has 2 nitrogen and oxygen atoms in total. The summed E-state index contributed by atoms with van der Waals surface area (Å²) in [5, 5.41) is 2.80. The highest BCUT2D eigenvalue weighted by molar-refractivity contribution is 7.09. The highest BCUT2D eigenvalue weighted by Crippen LogP contribution is 2.34. The number of alkyl halides is 3. The third kappa shape index (κ3) is 4.31. The van der Waals surface area contributed by atoms with Crippen molar-refractivity contribution < 1.29 is 13.2 Å². The Morgan fingerprint density at radius 3 is 2.09 bits per heavy atom. The number of thiazole rings is 1. The second-order valence-electron chi connectivity index (χ2n) is 7.39. The minimum atomic E-state index is -4.44. The molecular formula is C17H21F3N2S. The number of aromatic nitrogens is 2. The summed E-state index contributed by atoms with van der Waals surface area (Å²) in [6.07, 6.45) is -2.24. The summed E-state index contributed by atoms with van der Waals surface area (Å²) in [5.41, 5.74) is -0.501. The minimum absolute atomic E-state index is 0.326. The van der Waals surface area contributed by atoms with E-state index >= 15 is 0 Å². The predicted octanol–water partition coefficient (Wildman–Crippen LogP) is 5.37. The standard InChI is InChI=1S/C17H21F3N2S/c1-15(2,3)12-8-11(9-13(22-12)17(18,19)20)10-16(4,5)14-21-6-7-23-14/h6-9H,10H2,1-5H3. The van der Waals surface area contributed by atoms with Crippen molar-refractivity contribution >= 4 is 11.3 Å². The Labute approximate surface area is 138 Å². The van der Waals surface area contributed by atoms with Crippen LogP contribution in [0.5, 0.6) is 0 Å². The fraction of sp³-hybridized carbons (Fsp3) is 0.529. The summed E-state index contributed by atoms with van der Waals surface area (Å²) in [4.78, 5) is 8.14. The van der Waals surface area contributed by atoms with Crippen molar-refractivity contribution in [3.05, 3.63) is 45.7 Å². The van der Waals surface area contributed by atoms with Crippen LogP contribution in [0.1, 0.15) is 56.6 Å². The van der Waals surface area contributed by atoms with Gasteiger partial charge < -0.3 is 0 Å². The van der Waals surface area contributed by atoms with Gasteiger partial charge in [-0.15, -0.1) is 11.3 Å². The molecule has 0 fully saturated rings. The molecule has 2 rings (SSSR count). The van der Waals surface area contributed by atoms with Crippen LogP contribution in [0.2, 0.25) is 0 Å². The molecule has 0 saturated carbocycles. The summed E-state index contributed by atoms with van der Waals surface area (Å²) >= 11 is 1.52. The molecule has 0 radical (unpaired) electrons. The van der Waals surface area contributed by atoms with Crippen LogP contribution in [-0.4, -0.2) is 9.97 Å². The lowest BCUT2D eigenvalue weighted by molar-refractivity contribution is -0.141. The lowest BCUT2D eigenvalue weighted by atomic mass is 9.84. The van der Waals surface area contributed by atoms with E-state index in [4.69, 9.17) is 0 Å². The van der Waals surface area contributed by atoms with Crippen LogP contribution in [0.4, 0.5) is 13.2 Å². The van der Waals surface area contributed by atoms with E-state index in [-0.39, 0.29) is 5.41 Å². The van der Waals surface area contributed by atoms with E-state index in [9.17, 15) is 13.2 Å². The fourth-order valence-electron chi connectivity index (χ4n) is 2.36. The Morgan fingerprint density at radius 1 is 1.00 bits per heavy atom. The molecule has 0 bridgehead atoms. The third-order valence-corrected chi connectivity index (χ3v) is 4.74. The maximum Gasteiger partial charge on any atom is 0.433 e. The molecule has 0 aliphatic carbocycles. The van der Waals surface area contributed by atoms with Crippen LogP contribution in [0.15, 0.2) is 23.7 Å². The van der Waals surface area contributed by atoms with Crippen LogP contribution in [-0.2, 0) is 23.4 Å². The first-order valence-corrected chi connectivity index (χ1v) is 8.26. The largest absolute Gasteiger partial charge is 0.433 e. The Morgan fingerprint density at radius 2 is 1.61 bits per heavy atom. The first kappa shape index (κ1) is 17.9. The monoisotopic (exact) mass is 342 g/mol. The van der Waals surface area contributed by atoms with E-state index in [1.165, 1.54) is 11.3 Å². The van der Waals surface area contributed by atoms with E-state index in [0.29, 0.717) is 17.7 Å². The first-order valence-electron chi connectivity index (χ1n) is 7.38. The zero-order valence-corrected chi connectivity index (χ0v) is 14.8. The van der Waals surface area contributed by atoms with Gasteiger partial charge in [0.2, 0.25) is 0 Å². The summed E-state index contributed by atoms with van der Waals surface area (Å²) in [7, 11) is 0. The van der Waals surface area contributed by atoms with E-state index in [0.717, 1.165) is 11.1 Å². The smallest absolute Gasteiger partial charge is 0.249 e.